The summed E-state index contributed by atoms with van der Waals surface area (Å²) < 4.78 is 32.6. The molecule has 0 aliphatic carbocycles. The van der Waals surface area contributed by atoms with E-state index in [1.165, 1.54) is 16.9 Å². The van der Waals surface area contributed by atoms with Gasteiger partial charge in [0, 0.05) is 6.42 Å². The van der Waals surface area contributed by atoms with Gasteiger partial charge in [0.2, 0.25) is 5.60 Å². The van der Waals surface area contributed by atoms with Gasteiger partial charge < -0.3 is 25.2 Å². The molecule has 13 nitrogen and oxygen atoms in total. The molecule has 1 fully saturated rings. The van der Waals surface area contributed by atoms with Crippen LogP contribution in [0.5, 0.6) is 5.75 Å². The van der Waals surface area contributed by atoms with E-state index in [-0.39, 0.29) is 23.0 Å². The Morgan fingerprint density at radius 2 is 1.98 bits per heavy atom. The highest BCUT2D eigenvalue weighted by Gasteiger charge is 2.58. The Labute approximate surface area is 244 Å². The number of rotatable bonds is 14. The first-order valence-corrected chi connectivity index (χ1v) is 15.4. The van der Waals surface area contributed by atoms with Crippen molar-refractivity contribution in [1.29, 1.82) is 5.26 Å². The summed E-state index contributed by atoms with van der Waals surface area (Å²) in [6.45, 7) is 5.19. The van der Waals surface area contributed by atoms with Gasteiger partial charge in [-0.05, 0) is 43.5 Å². The van der Waals surface area contributed by atoms with Crippen LogP contribution in [0, 0.1) is 17.2 Å². The molecule has 5 N–H and O–H groups in total. The van der Waals surface area contributed by atoms with Gasteiger partial charge in [-0.3, -0.25) is 9.32 Å². The van der Waals surface area contributed by atoms with Gasteiger partial charge in [-0.15, -0.1) is 0 Å². The molecule has 6 atom stereocenters. The first-order chi connectivity index (χ1) is 20.1. The second-order valence-electron chi connectivity index (χ2n) is 10.3. The highest BCUT2D eigenvalue weighted by Crippen LogP contribution is 2.47. The van der Waals surface area contributed by atoms with Gasteiger partial charge in [0.1, 0.15) is 47.8 Å². The van der Waals surface area contributed by atoms with Crippen LogP contribution in [-0.4, -0.2) is 61.6 Å². The SMILES string of the molecule is CCC(CC)CCC(=O)[C@H](C)NP(=O)(OC[C@H]1O[C@@](C#N)(c2ccc3c(N)ncnn23)[C@H](O)[C@@H]1O)Oc1ccccc1. The zero-order valence-electron chi connectivity index (χ0n) is 23.8. The molecule has 3 heterocycles. The number of nitrogens with zero attached hydrogens (tertiary/aromatic N) is 4. The van der Waals surface area contributed by atoms with Crippen LogP contribution in [0.15, 0.2) is 48.8 Å². The first-order valence-electron chi connectivity index (χ1n) is 13.9. The number of fused-ring (bicyclic) bond motifs is 1. The van der Waals surface area contributed by atoms with E-state index in [1.807, 2.05) is 6.07 Å². The number of anilines is 1. The normalized spacial score (nSPS) is 24.4. The van der Waals surface area contributed by atoms with E-state index in [0.29, 0.717) is 24.3 Å². The van der Waals surface area contributed by atoms with Crippen molar-refractivity contribution in [2.75, 3.05) is 12.3 Å². The van der Waals surface area contributed by atoms with E-state index in [0.717, 1.165) is 12.8 Å². The molecule has 1 aliphatic rings. The molecule has 2 aromatic heterocycles. The topological polar surface area (TPSA) is 194 Å². The Balaban J connectivity index is 1.53. The minimum Gasteiger partial charge on any atom is -0.413 e. The van der Waals surface area contributed by atoms with Crippen LogP contribution in [0.25, 0.3) is 5.52 Å². The van der Waals surface area contributed by atoms with Gasteiger partial charge in [-0.2, -0.15) is 10.4 Å². The van der Waals surface area contributed by atoms with Crippen LogP contribution in [0.3, 0.4) is 0 Å². The quantitative estimate of drug-likeness (QED) is 0.198. The molecule has 14 heteroatoms. The smallest absolute Gasteiger partial charge is 0.413 e. The summed E-state index contributed by atoms with van der Waals surface area (Å²) in [5.41, 5.74) is 4.33. The molecule has 1 saturated heterocycles. The number of hydrogen-bond acceptors (Lipinski definition) is 11. The van der Waals surface area contributed by atoms with Crippen LogP contribution in [0.4, 0.5) is 5.82 Å². The van der Waals surface area contributed by atoms with Crippen molar-refractivity contribution in [1.82, 2.24) is 19.7 Å². The Morgan fingerprint density at radius 1 is 1.26 bits per heavy atom. The number of benzene rings is 1. The van der Waals surface area contributed by atoms with Crippen LogP contribution in [0.1, 0.15) is 52.1 Å². The Morgan fingerprint density at radius 3 is 2.64 bits per heavy atom. The third kappa shape index (κ3) is 6.49. The number of nitrogens with two attached hydrogens (primary N) is 1. The minimum atomic E-state index is -4.24. The molecule has 1 aromatic carbocycles. The zero-order chi connectivity index (χ0) is 30.5. The maximum Gasteiger partial charge on any atom is 0.459 e. The number of carbonyl (C=O) groups is 1. The second-order valence-corrected chi connectivity index (χ2v) is 12.0. The van der Waals surface area contributed by atoms with E-state index >= 15 is 0 Å². The summed E-state index contributed by atoms with van der Waals surface area (Å²) in [7, 11) is -4.24. The molecule has 1 aliphatic heterocycles. The molecule has 42 heavy (non-hydrogen) atoms. The summed E-state index contributed by atoms with van der Waals surface area (Å²) in [6, 6.07) is 12.4. The number of carbonyl (C=O) groups excluding carboxylic acids is 1. The molecular formula is C28H37N6O7P. The highest BCUT2D eigenvalue weighted by atomic mass is 31.2. The average Bonchev–Trinajstić information content (AvgIpc) is 3.53. The predicted molar refractivity (Wildman–Crippen MR) is 153 cm³/mol. The monoisotopic (exact) mass is 600 g/mol. The van der Waals surface area contributed by atoms with E-state index < -0.39 is 44.3 Å². The van der Waals surface area contributed by atoms with Crippen LogP contribution in [0.2, 0.25) is 0 Å². The van der Waals surface area contributed by atoms with Crippen molar-refractivity contribution in [3.63, 3.8) is 0 Å². The molecule has 0 amide bonds. The van der Waals surface area contributed by atoms with Crippen molar-refractivity contribution in [3.05, 3.63) is 54.5 Å². The zero-order valence-corrected chi connectivity index (χ0v) is 24.7. The Kier molecular flexibility index (Phi) is 9.99. The van der Waals surface area contributed by atoms with Gasteiger partial charge in [0.05, 0.1) is 18.3 Å². The number of ether oxygens (including phenoxy) is 1. The van der Waals surface area contributed by atoms with E-state index in [9.17, 15) is 24.8 Å². The first kappa shape index (κ1) is 31.6. The number of para-hydroxylation sites is 1. The maximum atomic E-state index is 14.0. The van der Waals surface area contributed by atoms with Crippen molar-refractivity contribution >= 4 is 24.9 Å². The molecule has 0 spiro atoms. The lowest BCUT2D eigenvalue weighted by molar-refractivity contribution is -0.120. The van der Waals surface area contributed by atoms with Crippen molar-refractivity contribution in [3.8, 4) is 11.8 Å². The average molecular weight is 601 g/mol. The Hall–Kier alpha value is -3.37. The fourth-order valence-corrected chi connectivity index (χ4v) is 6.54. The highest BCUT2D eigenvalue weighted by molar-refractivity contribution is 7.52. The van der Waals surface area contributed by atoms with E-state index in [4.69, 9.17) is 19.5 Å². The number of hydrogen-bond donors (Lipinski definition) is 4. The number of aliphatic hydroxyl groups excluding tert-OH is 2. The summed E-state index contributed by atoms with van der Waals surface area (Å²) in [5.74, 6) is 0.630. The summed E-state index contributed by atoms with van der Waals surface area (Å²) in [5, 5.41) is 38.9. The standard InChI is InChI=1S/C28H37N6O7P/c1-4-19(5-2)11-13-22(35)18(3)33-42(38,41-20-9-7-6-8-10-20)39-15-23-25(36)26(37)28(16-29,40-23)24-14-12-21-27(30)31-17-32-34(21)24/h6-10,12,14,17-19,23,25-26,36-37H,4-5,11,13,15H2,1-3H3,(H,33,38)(H2,30,31,32)/t18-,23+,25+,26+,28-,42?/m0/s1. The maximum absolute atomic E-state index is 14.0. The number of aromatic nitrogens is 3. The predicted octanol–water partition coefficient (Wildman–Crippen LogP) is 3.12. The molecular weight excluding hydrogens is 563 g/mol. The molecule has 4 rings (SSSR count). The molecule has 3 aromatic rings. The minimum absolute atomic E-state index is 0.113. The number of ketones is 1. The van der Waals surface area contributed by atoms with Crippen LogP contribution < -0.4 is 15.3 Å². The largest absolute Gasteiger partial charge is 0.459 e. The van der Waals surface area contributed by atoms with E-state index in [1.54, 1.807) is 43.3 Å². The van der Waals surface area contributed by atoms with Crippen molar-refractivity contribution in [2.24, 2.45) is 5.92 Å². The lowest BCUT2D eigenvalue weighted by atomic mass is 9.92. The summed E-state index contributed by atoms with van der Waals surface area (Å²) >= 11 is 0. The third-order valence-electron chi connectivity index (χ3n) is 7.65. The number of nitrogens with one attached hydrogen (secondary N) is 1. The number of Topliss-reactive ketones (excluding diaryl/α,β-unsaturated/α-hetero) is 1. The fraction of sp³-hybridized carbons (Fsp3) is 0.500. The number of nitriles is 1. The number of aliphatic hydroxyl groups is 2. The summed E-state index contributed by atoms with van der Waals surface area (Å²) in [6.07, 6.45) is -0.522. The van der Waals surface area contributed by atoms with Gasteiger partial charge in [0.25, 0.3) is 0 Å². The number of nitrogen functional groups attached to an aromatic ring is 1. The van der Waals surface area contributed by atoms with E-state index in [2.05, 4.69) is 29.0 Å². The molecule has 0 bridgehead atoms. The molecule has 0 radical (unpaired) electrons. The lowest BCUT2D eigenvalue weighted by Crippen LogP contribution is -2.41. The van der Waals surface area contributed by atoms with Gasteiger partial charge in [-0.25, -0.2) is 19.2 Å². The molecule has 226 valence electrons. The summed E-state index contributed by atoms with van der Waals surface area (Å²) in [4.78, 5) is 16.8. The van der Waals surface area contributed by atoms with Gasteiger partial charge >= 0.3 is 7.75 Å². The van der Waals surface area contributed by atoms with Gasteiger partial charge in [-0.1, -0.05) is 44.9 Å². The third-order valence-corrected chi connectivity index (χ3v) is 9.30. The van der Waals surface area contributed by atoms with Gasteiger partial charge in [0.15, 0.2) is 5.82 Å². The van der Waals surface area contributed by atoms with Crippen LogP contribution >= 0.6 is 7.75 Å². The van der Waals surface area contributed by atoms with Crippen molar-refractivity contribution < 1.29 is 33.4 Å². The lowest BCUT2D eigenvalue weighted by Gasteiger charge is -2.25. The molecule has 1 unspecified atom stereocenters. The van der Waals surface area contributed by atoms with Crippen LogP contribution in [-0.2, 0) is 24.2 Å². The molecule has 0 saturated carbocycles. The Bertz CT molecular complexity index is 1460. The fourth-order valence-electron chi connectivity index (χ4n) is 5.00. The second kappa shape index (κ2) is 13.3. The van der Waals surface area contributed by atoms with Crippen molar-refractivity contribution in [2.45, 2.75) is 76.4 Å².